The molecule has 0 amide bonds. The molecule has 0 radical (unpaired) electrons. The Morgan fingerprint density at radius 1 is 1.12 bits per heavy atom. The Hall–Kier alpha value is -0.120. The van der Waals surface area contributed by atoms with E-state index in [0.717, 1.165) is 18.5 Å². The van der Waals surface area contributed by atoms with Crippen LogP contribution in [0.5, 0.6) is 0 Å². The van der Waals surface area contributed by atoms with E-state index in [-0.39, 0.29) is 0 Å². The number of likely N-dealkylation sites (tertiary alicyclic amines) is 2. The van der Waals surface area contributed by atoms with Gasteiger partial charge in [-0.05, 0) is 64.8 Å². The van der Waals surface area contributed by atoms with E-state index >= 15 is 0 Å². The molecule has 0 aromatic carbocycles. The molecular formula is C14H29N3. The summed E-state index contributed by atoms with van der Waals surface area (Å²) in [5, 5.41) is 3.61. The zero-order chi connectivity index (χ0) is 12.1. The zero-order valence-corrected chi connectivity index (χ0v) is 11.6. The van der Waals surface area contributed by atoms with E-state index in [1.807, 2.05) is 0 Å². The Kier molecular flexibility index (Phi) is 5.26. The molecule has 100 valence electrons. The van der Waals surface area contributed by atoms with Gasteiger partial charge in [-0.1, -0.05) is 6.92 Å². The summed E-state index contributed by atoms with van der Waals surface area (Å²) in [4.78, 5) is 5.17. The minimum absolute atomic E-state index is 0.750. The molecule has 2 aliphatic rings. The van der Waals surface area contributed by atoms with Gasteiger partial charge in [-0.15, -0.1) is 0 Å². The summed E-state index contributed by atoms with van der Waals surface area (Å²) in [6.07, 6.45) is 5.56. The summed E-state index contributed by atoms with van der Waals surface area (Å²) >= 11 is 0. The standard InChI is InChI=1S/C14H29N3/c1-3-15-14-5-4-8-17(12-14)11-13-6-9-16(2)10-7-13/h13-15H,3-12H2,1-2H3. The molecule has 2 fully saturated rings. The first-order valence-electron chi connectivity index (χ1n) is 7.42. The van der Waals surface area contributed by atoms with Crippen LogP contribution in [0.2, 0.25) is 0 Å². The van der Waals surface area contributed by atoms with E-state index in [1.165, 1.54) is 58.4 Å². The van der Waals surface area contributed by atoms with Crippen LogP contribution < -0.4 is 5.32 Å². The molecule has 2 saturated heterocycles. The highest BCUT2D eigenvalue weighted by atomic mass is 15.2. The smallest absolute Gasteiger partial charge is 0.0195 e. The molecule has 0 bridgehead atoms. The minimum Gasteiger partial charge on any atom is -0.313 e. The third-order valence-corrected chi connectivity index (χ3v) is 4.35. The number of nitrogens with one attached hydrogen (secondary N) is 1. The largest absolute Gasteiger partial charge is 0.313 e. The van der Waals surface area contributed by atoms with E-state index in [1.54, 1.807) is 0 Å². The zero-order valence-electron chi connectivity index (χ0n) is 11.6. The highest BCUT2D eigenvalue weighted by Gasteiger charge is 2.23. The topological polar surface area (TPSA) is 18.5 Å². The van der Waals surface area contributed by atoms with E-state index < -0.39 is 0 Å². The Labute approximate surface area is 107 Å². The van der Waals surface area contributed by atoms with E-state index in [4.69, 9.17) is 0 Å². The Morgan fingerprint density at radius 2 is 1.88 bits per heavy atom. The fraction of sp³-hybridized carbons (Fsp3) is 1.00. The highest BCUT2D eigenvalue weighted by molar-refractivity contribution is 4.80. The number of likely N-dealkylation sites (N-methyl/N-ethyl adjacent to an activating group) is 1. The van der Waals surface area contributed by atoms with Crippen molar-refractivity contribution in [1.82, 2.24) is 15.1 Å². The maximum atomic E-state index is 3.61. The van der Waals surface area contributed by atoms with E-state index in [9.17, 15) is 0 Å². The maximum Gasteiger partial charge on any atom is 0.0195 e. The molecule has 0 aromatic rings. The molecule has 3 nitrogen and oxygen atoms in total. The summed E-state index contributed by atoms with van der Waals surface area (Å²) in [6, 6.07) is 0.750. The summed E-state index contributed by atoms with van der Waals surface area (Å²) in [7, 11) is 2.25. The van der Waals surface area contributed by atoms with Gasteiger partial charge in [0.1, 0.15) is 0 Å². The second-order valence-corrected chi connectivity index (χ2v) is 5.90. The Morgan fingerprint density at radius 3 is 2.59 bits per heavy atom. The van der Waals surface area contributed by atoms with Gasteiger partial charge in [-0.25, -0.2) is 0 Å². The molecule has 17 heavy (non-hydrogen) atoms. The summed E-state index contributed by atoms with van der Waals surface area (Å²) in [6.45, 7) is 9.89. The second kappa shape index (κ2) is 6.72. The number of nitrogens with zero attached hydrogens (tertiary/aromatic N) is 2. The fourth-order valence-corrected chi connectivity index (χ4v) is 3.29. The van der Waals surface area contributed by atoms with Crippen LogP contribution in [0, 0.1) is 5.92 Å². The average Bonchev–Trinajstić information content (AvgIpc) is 2.33. The summed E-state index contributed by atoms with van der Waals surface area (Å²) in [5.74, 6) is 0.951. The second-order valence-electron chi connectivity index (χ2n) is 5.90. The van der Waals surface area contributed by atoms with Crippen LogP contribution in [0.25, 0.3) is 0 Å². The lowest BCUT2D eigenvalue weighted by Gasteiger charge is -2.37. The van der Waals surface area contributed by atoms with Crippen molar-refractivity contribution in [3.05, 3.63) is 0 Å². The van der Waals surface area contributed by atoms with Gasteiger partial charge in [-0.2, -0.15) is 0 Å². The van der Waals surface area contributed by atoms with Crippen LogP contribution >= 0.6 is 0 Å². The molecule has 2 heterocycles. The van der Waals surface area contributed by atoms with Crippen LogP contribution in [-0.4, -0.2) is 62.2 Å². The van der Waals surface area contributed by atoms with Crippen LogP contribution in [0.1, 0.15) is 32.6 Å². The van der Waals surface area contributed by atoms with Gasteiger partial charge in [0, 0.05) is 19.1 Å². The molecule has 1 unspecified atom stereocenters. The predicted molar refractivity (Wildman–Crippen MR) is 73.4 cm³/mol. The van der Waals surface area contributed by atoms with Gasteiger partial charge < -0.3 is 15.1 Å². The van der Waals surface area contributed by atoms with Gasteiger partial charge >= 0.3 is 0 Å². The highest BCUT2D eigenvalue weighted by Crippen LogP contribution is 2.19. The molecule has 1 atom stereocenters. The van der Waals surface area contributed by atoms with E-state index in [0.29, 0.717) is 0 Å². The van der Waals surface area contributed by atoms with Crippen LogP contribution in [0.15, 0.2) is 0 Å². The van der Waals surface area contributed by atoms with Crippen LogP contribution in [-0.2, 0) is 0 Å². The maximum absolute atomic E-state index is 3.61. The molecule has 2 rings (SSSR count). The molecule has 0 aliphatic carbocycles. The minimum atomic E-state index is 0.750. The number of piperidine rings is 2. The molecule has 3 heteroatoms. The molecule has 1 N–H and O–H groups in total. The van der Waals surface area contributed by atoms with Gasteiger partial charge in [0.15, 0.2) is 0 Å². The lowest BCUT2D eigenvalue weighted by Crippen LogP contribution is -2.47. The van der Waals surface area contributed by atoms with Crippen molar-refractivity contribution >= 4 is 0 Å². The first-order valence-corrected chi connectivity index (χ1v) is 7.42. The van der Waals surface area contributed by atoms with Gasteiger partial charge in [0.2, 0.25) is 0 Å². The molecular weight excluding hydrogens is 210 g/mol. The summed E-state index contributed by atoms with van der Waals surface area (Å²) < 4.78 is 0. The van der Waals surface area contributed by atoms with Crippen molar-refractivity contribution in [2.24, 2.45) is 5.92 Å². The molecule has 0 saturated carbocycles. The molecule has 2 aliphatic heterocycles. The first kappa shape index (κ1) is 13.3. The van der Waals surface area contributed by atoms with Crippen molar-refractivity contribution in [2.75, 3.05) is 46.3 Å². The summed E-state index contributed by atoms with van der Waals surface area (Å²) in [5.41, 5.74) is 0. The quantitative estimate of drug-likeness (QED) is 0.800. The van der Waals surface area contributed by atoms with Crippen molar-refractivity contribution in [3.8, 4) is 0 Å². The Balaban J connectivity index is 1.71. The molecule has 0 aromatic heterocycles. The van der Waals surface area contributed by atoms with Gasteiger partial charge in [-0.3, -0.25) is 0 Å². The third kappa shape index (κ3) is 4.23. The van der Waals surface area contributed by atoms with Crippen molar-refractivity contribution in [3.63, 3.8) is 0 Å². The predicted octanol–water partition coefficient (Wildman–Crippen LogP) is 1.40. The van der Waals surface area contributed by atoms with Crippen molar-refractivity contribution in [2.45, 2.75) is 38.6 Å². The lowest BCUT2D eigenvalue weighted by molar-refractivity contribution is 0.130. The monoisotopic (exact) mass is 239 g/mol. The SMILES string of the molecule is CCNC1CCCN(CC2CCN(C)CC2)C1. The van der Waals surface area contributed by atoms with E-state index in [2.05, 4.69) is 29.1 Å². The van der Waals surface area contributed by atoms with Crippen molar-refractivity contribution in [1.29, 1.82) is 0 Å². The fourth-order valence-electron chi connectivity index (χ4n) is 3.29. The van der Waals surface area contributed by atoms with Gasteiger partial charge in [0.25, 0.3) is 0 Å². The number of rotatable bonds is 4. The van der Waals surface area contributed by atoms with Crippen molar-refractivity contribution < 1.29 is 0 Å². The Bertz CT molecular complexity index is 210. The number of hydrogen-bond acceptors (Lipinski definition) is 3. The number of hydrogen-bond donors (Lipinski definition) is 1. The van der Waals surface area contributed by atoms with Crippen LogP contribution in [0.4, 0.5) is 0 Å². The normalized spacial score (nSPS) is 29.6. The van der Waals surface area contributed by atoms with Crippen LogP contribution in [0.3, 0.4) is 0 Å². The first-order chi connectivity index (χ1) is 8.28. The molecule has 0 spiro atoms. The third-order valence-electron chi connectivity index (χ3n) is 4.35. The van der Waals surface area contributed by atoms with Gasteiger partial charge in [0.05, 0.1) is 0 Å². The lowest BCUT2D eigenvalue weighted by atomic mass is 9.95. The average molecular weight is 239 g/mol.